The summed E-state index contributed by atoms with van der Waals surface area (Å²) in [7, 11) is -1.63. The van der Waals surface area contributed by atoms with Gasteiger partial charge in [0.15, 0.2) is 8.24 Å². The maximum Gasteiger partial charge on any atom is 0.185 e. The van der Waals surface area contributed by atoms with Crippen LogP contribution in [0.4, 0.5) is 0 Å². The molecule has 0 radical (unpaired) electrons. The predicted octanol–water partition coefficient (Wildman–Crippen LogP) is 6.07. The quantitative estimate of drug-likeness (QED) is 0.500. The standard InChI is InChI=1S/C21H26N2Si/c1-4-24(5-2,6-3)23-21(19-15-11-8-12-16-19)17-20(22-23)18-13-9-7-10-14-18/h7-17H,4-6H2,1-3H3. The Bertz CT molecular complexity index is 766. The molecule has 3 aromatic rings. The molecule has 0 saturated carbocycles. The van der Waals surface area contributed by atoms with E-state index in [0.29, 0.717) is 0 Å². The van der Waals surface area contributed by atoms with Crippen molar-refractivity contribution < 1.29 is 0 Å². The molecule has 0 unspecified atom stereocenters. The molecular formula is C21H26N2Si. The molecule has 0 N–H and O–H groups in total. The Morgan fingerprint density at radius 2 is 1.25 bits per heavy atom. The smallest absolute Gasteiger partial charge is 0.185 e. The van der Waals surface area contributed by atoms with Gasteiger partial charge in [0.2, 0.25) is 0 Å². The van der Waals surface area contributed by atoms with E-state index in [4.69, 9.17) is 5.10 Å². The van der Waals surface area contributed by atoms with Gasteiger partial charge in [-0.05, 0) is 29.8 Å². The molecule has 2 aromatic carbocycles. The first kappa shape index (κ1) is 16.7. The predicted molar refractivity (Wildman–Crippen MR) is 106 cm³/mol. The van der Waals surface area contributed by atoms with Crippen molar-refractivity contribution in [2.24, 2.45) is 0 Å². The average molecular weight is 335 g/mol. The van der Waals surface area contributed by atoms with Crippen molar-refractivity contribution in [1.29, 1.82) is 0 Å². The lowest BCUT2D eigenvalue weighted by Gasteiger charge is -2.30. The van der Waals surface area contributed by atoms with E-state index in [9.17, 15) is 0 Å². The van der Waals surface area contributed by atoms with E-state index in [1.54, 1.807) is 0 Å². The van der Waals surface area contributed by atoms with E-state index >= 15 is 0 Å². The van der Waals surface area contributed by atoms with Gasteiger partial charge in [-0.25, -0.2) is 0 Å². The SMILES string of the molecule is CC[Si](CC)(CC)n1nc(-c2ccccc2)cc1-c1ccccc1. The minimum absolute atomic E-state index is 1.08. The molecule has 0 amide bonds. The molecule has 24 heavy (non-hydrogen) atoms. The molecule has 3 rings (SSSR count). The summed E-state index contributed by atoms with van der Waals surface area (Å²) in [6.45, 7) is 6.99. The lowest BCUT2D eigenvalue weighted by Crippen LogP contribution is -2.42. The molecule has 0 spiro atoms. The molecule has 3 heteroatoms. The van der Waals surface area contributed by atoms with Gasteiger partial charge >= 0.3 is 0 Å². The number of hydrogen-bond acceptors (Lipinski definition) is 1. The highest BCUT2D eigenvalue weighted by atomic mass is 28.3. The van der Waals surface area contributed by atoms with E-state index in [1.807, 2.05) is 0 Å². The van der Waals surface area contributed by atoms with Crippen LogP contribution in [0.1, 0.15) is 20.8 Å². The first-order chi connectivity index (χ1) is 11.7. The maximum atomic E-state index is 5.12. The molecule has 1 heterocycles. The van der Waals surface area contributed by atoms with Gasteiger partial charge in [0, 0.05) is 5.56 Å². The highest BCUT2D eigenvalue weighted by Gasteiger charge is 2.33. The fourth-order valence-electron chi connectivity index (χ4n) is 3.51. The molecule has 0 atom stereocenters. The van der Waals surface area contributed by atoms with Gasteiger partial charge in [-0.3, -0.25) is 4.35 Å². The zero-order valence-corrected chi connectivity index (χ0v) is 15.9. The molecule has 0 aliphatic carbocycles. The first-order valence-corrected chi connectivity index (χ1v) is 11.5. The van der Waals surface area contributed by atoms with Gasteiger partial charge in [-0.1, -0.05) is 81.4 Å². The van der Waals surface area contributed by atoms with Crippen molar-refractivity contribution in [3.05, 3.63) is 66.7 Å². The van der Waals surface area contributed by atoms with Crippen molar-refractivity contribution in [3.8, 4) is 22.5 Å². The zero-order chi connectivity index (χ0) is 17.0. The fraction of sp³-hybridized carbons (Fsp3) is 0.286. The number of aromatic nitrogens is 2. The van der Waals surface area contributed by atoms with Gasteiger partial charge < -0.3 is 0 Å². The van der Waals surface area contributed by atoms with Gasteiger partial charge in [-0.2, -0.15) is 5.10 Å². The maximum absolute atomic E-state index is 5.12. The minimum Gasteiger partial charge on any atom is -0.293 e. The van der Waals surface area contributed by atoms with E-state index in [0.717, 1.165) is 5.69 Å². The summed E-state index contributed by atoms with van der Waals surface area (Å²) in [5, 5.41) is 5.12. The van der Waals surface area contributed by atoms with E-state index in [-0.39, 0.29) is 0 Å². The second kappa shape index (κ2) is 7.18. The molecule has 0 aliphatic heterocycles. The van der Waals surface area contributed by atoms with Crippen LogP contribution < -0.4 is 0 Å². The molecule has 0 bridgehead atoms. The van der Waals surface area contributed by atoms with E-state index in [2.05, 4.69) is 91.8 Å². The first-order valence-electron chi connectivity index (χ1n) is 8.95. The Morgan fingerprint density at radius 3 is 1.75 bits per heavy atom. The summed E-state index contributed by atoms with van der Waals surface area (Å²) in [6.07, 6.45) is 0. The van der Waals surface area contributed by atoms with Gasteiger partial charge in [0.25, 0.3) is 0 Å². The summed E-state index contributed by atoms with van der Waals surface area (Å²) in [4.78, 5) is 0. The van der Waals surface area contributed by atoms with Crippen LogP contribution in [0, 0.1) is 0 Å². The van der Waals surface area contributed by atoms with Crippen LogP contribution in [0.25, 0.3) is 22.5 Å². The van der Waals surface area contributed by atoms with Crippen molar-refractivity contribution >= 4 is 8.24 Å². The van der Waals surface area contributed by atoms with Crippen molar-refractivity contribution in [2.45, 2.75) is 38.9 Å². The largest absolute Gasteiger partial charge is 0.293 e. The third kappa shape index (κ3) is 2.96. The Labute approximate surface area is 146 Å². The second-order valence-corrected chi connectivity index (χ2v) is 11.3. The Kier molecular flexibility index (Phi) is 5.00. The Hall–Kier alpha value is -2.13. The number of hydrogen-bond donors (Lipinski definition) is 0. The zero-order valence-electron chi connectivity index (χ0n) is 14.9. The summed E-state index contributed by atoms with van der Waals surface area (Å²) >= 11 is 0. The third-order valence-corrected chi connectivity index (χ3v) is 10.5. The van der Waals surface area contributed by atoms with Gasteiger partial charge in [0.1, 0.15) is 0 Å². The monoisotopic (exact) mass is 334 g/mol. The van der Waals surface area contributed by atoms with Crippen LogP contribution in [-0.4, -0.2) is 17.7 Å². The lowest BCUT2D eigenvalue weighted by atomic mass is 10.1. The highest BCUT2D eigenvalue weighted by molar-refractivity contribution is 6.78. The normalized spacial score (nSPS) is 11.6. The molecule has 2 nitrogen and oxygen atoms in total. The minimum atomic E-state index is -1.63. The second-order valence-electron chi connectivity index (χ2n) is 6.34. The Balaban J connectivity index is 2.21. The van der Waals surface area contributed by atoms with Gasteiger partial charge in [-0.15, -0.1) is 0 Å². The molecule has 1 aromatic heterocycles. The van der Waals surface area contributed by atoms with Crippen LogP contribution in [0.15, 0.2) is 66.7 Å². The third-order valence-electron chi connectivity index (χ3n) is 5.27. The van der Waals surface area contributed by atoms with E-state index < -0.39 is 8.24 Å². The van der Waals surface area contributed by atoms with Crippen LogP contribution >= 0.6 is 0 Å². The Morgan fingerprint density at radius 1 is 0.750 bits per heavy atom. The fourth-order valence-corrected chi connectivity index (χ4v) is 6.93. The number of rotatable bonds is 6. The molecule has 0 aliphatic rings. The van der Waals surface area contributed by atoms with Crippen LogP contribution in [0.3, 0.4) is 0 Å². The van der Waals surface area contributed by atoms with Crippen molar-refractivity contribution in [2.75, 3.05) is 0 Å². The summed E-state index contributed by atoms with van der Waals surface area (Å²) in [6, 6.07) is 27.1. The molecular weight excluding hydrogens is 308 g/mol. The molecule has 124 valence electrons. The highest BCUT2D eigenvalue weighted by Crippen LogP contribution is 2.32. The van der Waals surface area contributed by atoms with Crippen LogP contribution in [-0.2, 0) is 0 Å². The molecule has 0 saturated heterocycles. The van der Waals surface area contributed by atoms with Crippen LogP contribution in [0.2, 0.25) is 18.1 Å². The average Bonchev–Trinajstić information content (AvgIpc) is 3.11. The number of benzene rings is 2. The summed E-state index contributed by atoms with van der Waals surface area (Å²) < 4.78 is 2.42. The van der Waals surface area contributed by atoms with E-state index in [1.165, 1.54) is 35.0 Å². The topological polar surface area (TPSA) is 17.8 Å². The lowest BCUT2D eigenvalue weighted by molar-refractivity contribution is 0.888. The van der Waals surface area contributed by atoms with Gasteiger partial charge in [0.05, 0.1) is 11.4 Å². The summed E-state index contributed by atoms with van der Waals surface area (Å²) in [5.41, 5.74) is 4.81. The molecule has 0 fully saturated rings. The van der Waals surface area contributed by atoms with Crippen molar-refractivity contribution in [1.82, 2.24) is 9.45 Å². The van der Waals surface area contributed by atoms with Crippen molar-refractivity contribution in [3.63, 3.8) is 0 Å². The number of nitrogens with zero attached hydrogens (tertiary/aromatic N) is 2. The van der Waals surface area contributed by atoms with Crippen LogP contribution in [0.5, 0.6) is 0 Å². The summed E-state index contributed by atoms with van der Waals surface area (Å²) in [5.74, 6) is 0.